The number of rotatable bonds is 5. The first-order valence-corrected chi connectivity index (χ1v) is 9.09. The molecule has 7 nitrogen and oxygen atoms in total. The average molecular weight is 318 g/mol. The van der Waals surface area contributed by atoms with Crippen molar-refractivity contribution in [3.8, 4) is 0 Å². The van der Waals surface area contributed by atoms with Gasteiger partial charge in [0, 0.05) is 6.54 Å². The summed E-state index contributed by atoms with van der Waals surface area (Å²) >= 11 is 0. The van der Waals surface area contributed by atoms with Gasteiger partial charge < -0.3 is 10.4 Å². The van der Waals surface area contributed by atoms with Gasteiger partial charge in [-0.05, 0) is 25.7 Å². The minimum Gasteiger partial charge on any atom is -0.481 e. The molecular formula is C13H22N2O5S. The van der Waals surface area contributed by atoms with Gasteiger partial charge in [-0.25, -0.2) is 8.42 Å². The number of carbonyl (C=O) groups excluding carboxylic acids is 1. The molecule has 0 radical (unpaired) electrons. The van der Waals surface area contributed by atoms with Gasteiger partial charge in [0.25, 0.3) is 0 Å². The smallest absolute Gasteiger partial charge is 0.305 e. The van der Waals surface area contributed by atoms with Crippen molar-refractivity contribution in [2.24, 2.45) is 0 Å². The predicted octanol–water partition coefficient (Wildman–Crippen LogP) is 0.314. The third kappa shape index (κ3) is 3.74. The summed E-state index contributed by atoms with van der Waals surface area (Å²) < 4.78 is 24.6. The fourth-order valence-electron chi connectivity index (χ4n) is 3.43. The average Bonchev–Trinajstić information content (AvgIpc) is 2.95. The molecule has 1 saturated heterocycles. The number of carbonyl (C=O) groups is 2. The zero-order chi connectivity index (χ0) is 15.7. The third-order valence-electron chi connectivity index (χ3n) is 4.37. The molecule has 1 aliphatic heterocycles. The number of nitrogens with zero attached hydrogens (tertiary/aromatic N) is 1. The lowest BCUT2D eigenvalue weighted by molar-refractivity contribution is -0.139. The molecule has 1 amide bonds. The van der Waals surface area contributed by atoms with Gasteiger partial charge >= 0.3 is 5.97 Å². The molecule has 1 heterocycles. The van der Waals surface area contributed by atoms with Crippen LogP contribution in [0.1, 0.15) is 44.9 Å². The Morgan fingerprint density at radius 2 is 1.90 bits per heavy atom. The lowest BCUT2D eigenvalue weighted by Crippen LogP contribution is -2.54. The van der Waals surface area contributed by atoms with Gasteiger partial charge in [0.2, 0.25) is 15.9 Å². The highest BCUT2D eigenvalue weighted by molar-refractivity contribution is 7.88. The van der Waals surface area contributed by atoms with Crippen LogP contribution in [0.5, 0.6) is 0 Å². The maximum atomic E-state index is 12.4. The van der Waals surface area contributed by atoms with E-state index >= 15 is 0 Å². The van der Waals surface area contributed by atoms with E-state index in [1.165, 1.54) is 4.31 Å². The fraction of sp³-hybridized carbons (Fsp3) is 0.846. The molecule has 21 heavy (non-hydrogen) atoms. The van der Waals surface area contributed by atoms with Crippen LogP contribution < -0.4 is 5.32 Å². The predicted molar refractivity (Wildman–Crippen MR) is 76.2 cm³/mol. The highest BCUT2D eigenvalue weighted by atomic mass is 32.2. The Morgan fingerprint density at radius 1 is 1.29 bits per heavy atom. The molecule has 2 N–H and O–H groups in total. The monoisotopic (exact) mass is 318 g/mol. The molecule has 120 valence electrons. The molecule has 0 aromatic heterocycles. The second kappa shape index (κ2) is 5.92. The maximum Gasteiger partial charge on any atom is 0.305 e. The highest BCUT2D eigenvalue weighted by Gasteiger charge is 2.42. The van der Waals surface area contributed by atoms with Crippen LogP contribution in [-0.2, 0) is 19.6 Å². The summed E-state index contributed by atoms with van der Waals surface area (Å²) in [6.45, 7) is 0.350. The largest absolute Gasteiger partial charge is 0.481 e. The van der Waals surface area contributed by atoms with E-state index in [0.717, 1.165) is 19.1 Å². The van der Waals surface area contributed by atoms with E-state index in [2.05, 4.69) is 5.32 Å². The zero-order valence-electron chi connectivity index (χ0n) is 12.2. The summed E-state index contributed by atoms with van der Waals surface area (Å²) in [5, 5.41) is 11.9. The second-order valence-electron chi connectivity index (χ2n) is 6.08. The molecule has 1 atom stereocenters. The molecule has 1 unspecified atom stereocenters. The Labute approximate surface area is 124 Å². The molecule has 0 aromatic rings. The van der Waals surface area contributed by atoms with Crippen molar-refractivity contribution >= 4 is 21.9 Å². The number of carboxylic acids is 1. The topological polar surface area (TPSA) is 104 Å². The summed E-state index contributed by atoms with van der Waals surface area (Å²) in [7, 11) is -3.42. The van der Waals surface area contributed by atoms with Gasteiger partial charge in [-0.15, -0.1) is 0 Å². The molecule has 1 saturated carbocycles. The first kappa shape index (κ1) is 16.2. The Morgan fingerprint density at radius 3 is 2.43 bits per heavy atom. The van der Waals surface area contributed by atoms with Crippen LogP contribution in [0.15, 0.2) is 0 Å². The van der Waals surface area contributed by atoms with Gasteiger partial charge in [-0.2, -0.15) is 4.31 Å². The van der Waals surface area contributed by atoms with E-state index in [-0.39, 0.29) is 12.3 Å². The fourth-order valence-corrected chi connectivity index (χ4v) is 4.56. The summed E-state index contributed by atoms with van der Waals surface area (Å²) in [5.41, 5.74) is -0.714. The summed E-state index contributed by atoms with van der Waals surface area (Å²) in [6.07, 6.45) is 5.17. The van der Waals surface area contributed by atoms with Crippen LogP contribution in [0.4, 0.5) is 0 Å². The van der Waals surface area contributed by atoms with E-state index in [0.29, 0.717) is 32.2 Å². The van der Waals surface area contributed by atoms with Gasteiger partial charge in [0.15, 0.2) is 0 Å². The van der Waals surface area contributed by atoms with Crippen molar-refractivity contribution < 1.29 is 23.1 Å². The van der Waals surface area contributed by atoms with Gasteiger partial charge in [-0.1, -0.05) is 12.8 Å². The highest BCUT2D eigenvalue weighted by Crippen LogP contribution is 2.33. The van der Waals surface area contributed by atoms with Gasteiger partial charge in [0.1, 0.15) is 6.04 Å². The van der Waals surface area contributed by atoms with Crippen LogP contribution in [-0.4, -0.2) is 54.1 Å². The van der Waals surface area contributed by atoms with Gasteiger partial charge in [-0.3, -0.25) is 9.59 Å². The Hall–Kier alpha value is -1.15. The van der Waals surface area contributed by atoms with E-state index in [4.69, 9.17) is 5.11 Å². The molecular weight excluding hydrogens is 296 g/mol. The number of sulfonamides is 1. The minimum atomic E-state index is -3.42. The Kier molecular flexibility index (Phi) is 4.57. The number of nitrogens with one attached hydrogen (secondary N) is 1. The molecule has 0 spiro atoms. The SMILES string of the molecule is CS(=O)(=O)N1CCCC1C(=O)NC1(CC(=O)O)CCCC1. The van der Waals surface area contributed by atoms with E-state index in [1.807, 2.05) is 0 Å². The van der Waals surface area contributed by atoms with Crippen molar-refractivity contribution in [3.63, 3.8) is 0 Å². The normalized spacial score (nSPS) is 25.9. The number of hydrogen-bond acceptors (Lipinski definition) is 4. The molecule has 2 fully saturated rings. The summed E-state index contributed by atoms with van der Waals surface area (Å²) in [5.74, 6) is -1.30. The quantitative estimate of drug-likeness (QED) is 0.759. The van der Waals surface area contributed by atoms with Crippen LogP contribution in [0, 0.1) is 0 Å². The third-order valence-corrected chi connectivity index (χ3v) is 5.66. The maximum absolute atomic E-state index is 12.4. The standard InChI is InChI=1S/C13H22N2O5S/c1-21(19,20)15-8-4-5-10(15)12(18)14-13(9-11(16)17)6-2-3-7-13/h10H,2-9H2,1H3,(H,14,18)(H,16,17). The molecule has 2 aliphatic rings. The van der Waals surface area contributed by atoms with Crippen molar-refractivity contribution in [1.29, 1.82) is 0 Å². The second-order valence-corrected chi connectivity index (χ2v) is 8.01. The lowest BCUT2D eigenvalue weighted by Gasteiger charge is -2.31. The van der Waals surface area contributed by atoms with Crippen molar-refractivity contribution in [1.82, 2.24) is 9.62 Å². The van der Waals surface area contributed by atoms with Crippen LogP contribution in [0.25, 0.3) is 0 Å². The van der Waals surface area contributed by atoms with E-state index in [1.54, 1.807) is 0 Å². The Bertz CT molecular complexity index is 525. The summed E-state index contributed by atoms with van der Waals surface area (Å²) in [4.78, 5) is 23.5. The number of hydrogen-bond donors (Lipinski definition) is 2. The molecule has 2 rings (SSSR count). The minimum absolute atomic E-state index is 0.107. The van der Waals surface area contributed by atoms with E-state index in [9.17, 15) is 18.0 Å². The zero-order valence-corrected chi connectivity index (χ0v) is 13.0. The lowest BCUT2D eigenvalue weighted by atomic mass is 9.92. The van der Waals surface area contributed by atoms with Crippen LogP contribution in [0.3, 0.4) is 0 Å². The number of carboxylic acid groups (broad SMARTS) is 1. The molecule has 8 heteroatoms. The molecule has 0 bridgehead atoms. The first-order chi connectivity index (χ1) is 9.73. The number of amides is 1. The first-order valence-electron chi connectivity index (χ1n) is 7.24. The molecule has 0 aromatic carbocycles. The van der Waals surface area contributed by atoms with E-state index < -0.39 is 27.6 Å². The van der Waals surface area contributed by atoms with Gasteiger partial charge in [0.05, 0.1) is 18.2 Å². The number of aliphatic carboxylic acids is 1. The summed E-state index contributed by atoms with van der Waals surface area (Å²) in [6, 6.07) is -0.703. The molecule has 1 aliphatic carbocycles. The van der Waals surface area contributed by atoms with Crippen LogP contribution >= 0.6 is 0 Å². The van der Waals surface area contributed by atoms with Crippen molar-refractivity contribution in [3.05, 3.63) is 0 Å². The Balaban J connectivity index is 2.10. The van der Waals surface area contributed by atoms with Crippen molar-refractivity contribution in [2.75, 3.05) is 12.8 Å². The van der Waals surface area contributed by atoms with Crippen LogP contribution in [0.2, 0.25) is 0 Å². The van der Waals surface area contributed by atoms with Crippen molar-refractivity contribution in [2.45, 2.75) is 56.5 Å².